The van der Waals surface area contributed by atoms with E-state index < -0.39 is 0 Å². The summed E-state index contributed by atoms with van der Waals surface area (Å²) in [4.78, 5) is 18.3. The van der Waals surface area contributed by atoms with Crippen LogP contribution < -0.4 is 15.5 Å². The van der Waals surface area contributed by atoms with E-state index in [0.717, 1.165) is 24.5 Å². The van der Waals surface area contributed by atoms with Gasteiger partial charge >= 0.3 is 0 Å². The van der Waals surface area contributed by atoms with Crippen LogP contribution >= 0.6 is 0 Å². The molecule has 2 rings (SSSR count). The Labute approximate surface area is 101 Å². The minimum absolute atomic E-state index is 0.0299. The number of carbonyl (C=O) groups is 1. The first-order chi connectivity index (χ1) is 8.24. The maximum Gasteiger partial charge on any atom is 0.243 e. The first kappa shape index (κ1) is 11.9. The van der Waals surface area contributed by atoms with E-state index in [9.17, 15) is 4.79 Å². The zero-order chi connectivity index (χ0) is 12.3. The van der Waals surface area contributed by atoms with E-state index >= 15 is 0 Å². The van der Waals surface area contributed by atoms with Crippen LogP contribution in [-0.2, 0) is 4.79 Å². The van der Waals surface area contributed by atoms with E-state index in [1.165, 1.54) is 0 Å². The molecular weight excluding hydrogens is 216 g/mol. The van der Waals surface area contributed by atoms with Gasteiger partial charge in [0.25, 0.3) is 0 Å². The summed E-state index contributed by atoms with van der Waals surface area (Å²) in [7, 11) is 1.67. The van der Waals surface area contributed by atoms with Gasteiger partial charge in [-0.1, -0.05) is 6.07 Å². The van der Waals surface area contributed by atoms with Gasteiger partial charge in [0.1, 0.15) is 11.9 Å². The minimum atomic E-state index is -0.178. The lowest BCUT2D eigenvalue weighted by molar-refractivity contribution is -0.122. The number of hydrogen-bond donors (Lipinski definition) is 2. The molecule has 1 saturated heterocycles. The third-order valence-electron chi connectivity index (χ3n) is 3.05. The largest absolute Gasteiger partial charge is 0.357 e. The van der Waals surface area contributed by atoms with Crippen LogP contribution in [-0.4, -0.2) is 43.6 Å². The molecule has 2 N–H and O–H groups in total. The Hall–Kier alpha value is -1.62. The van der Waals surface area contributed by atoms with E-state index in [2.05, 4.69) is 20.5 Å². The van der Waals surface area contributed by atoms with Gasteiger partial charge in [0, 0.05) is 32.9 Å². The summed E-state index contributed by atoms with van der Waals surface area (Å²) < 4.78 is 0. The summed E-state index contributed by atoms with van der Waals surface area (Å²) in [6, 6.07) is 3.75. The van der Waals surface area contributed by atoms with Crippen LogP contribution in [0.25, 0.3) is 0 Å². The molecule has 0 bridgehead atoms. The summed E-state index contributed by atoms with van der Waals surface area (Å²) >= 11 is 0. The number of hydrogen-bond acceptors (Lipinski definition) is 4. The predicted octanol–water partition coefficient (Wildman–Crippen LogP) is -0.0858. The molecule has 1 fully saturated rings. The smallest absolute Gasteiger partial charge is 0.243 e. The van der Waals surface area contributed by atoms with Crippen LogP contribution in [0.1, 0.15) is 5.56 Å². The lowest BCUT2D eigenvalue weighted by atomic mass is 10.1. The van der Waals surface area contributed by atoms with Crippen LogP contribution in [0.15, 0.2) is 18.3 Å². The maximum absolute atomic E-state index is 11.8. The third-order valence-corrected chi connectivity index (χ3v) is 3.05. The molecule has 5 nitrogen and oxygen atoms in total. The molecule has 5 heteroatoms. The van der Waals surface area contributed by atoms with Gasteiger partial charge in [-0.3, -0.25) is 4.79 Å². The molecule has 0 spiro atoms. The van der Waals surface area contributed by atoms with Crippen molar-refractivity contribution in [1.29, 1.82) is 0 Å². The SMILES string of the molecule is CNC(=O)C1CNCCN1c1ncccc1C. The van der Waals surface area contributed by atoms with E-state index in [1.54, 1.807) is 13.2 Å². The monoisotopic (exact) mass is 234 g/mol. The van der Waals surface area contributed by atoms with Crippen LogP contribution in [0.3, 0.4) is 0 Å². The van der Waals surface area contributed by atoms with Crippen molar-refractivity contribution >= 4 is 11.7 Å². The Bertz CT molecular complexity index is 407. The fraction of sp³-hybridized carbons (Fsp3) is 0.500. The molecule has 0 aliphatic carbocycles. The van der Waals surface area contributed by atoms with Crippen LogP contribution in [0, 0.1) is 6.92 Å². The van der Waals surface area contributed by atoms with Gasteiger partial charge in [-0.25, -0.2) is 4.98 Å². The quantitative estimate of drug-likeness (QED) is 0.751. The summed E-state index contributed by atoms with van der Waals surface area (Å²) in [6.07, 6.45) is 1.77. The van der Waals surface area contributed by atoms with Gasteiger partial charge in [0.05, 0.1) is 0 Å². The highest BCUT2D eigenvalue weighted by Gasteiger charge is 2.29. The van der Waals surface area contributed by atoms with Gasteiger partial charge in [-0.15, -0.1) is 0 Å². The molecule has 0 aromatic carbocycles. The Morgan fingerprint density at radius 2 is 2.47 bits per heavy atom. The minimum Gasteiger partial charge on any atom is -0.357 e. The number of aryl methyl sites for hydroxylation is 1. The number of nitrogens with zero attached hydrogens (tertiary/aromatic N) is 2. The molecule has 0 radical (unpaired) electrons. The number of piperazine rings is 1. The zero-order valence-electron chi connectivity index (χ0n) is 10.2. The number of carbonyl (C=O) groups excluding carboxylic acids is 1. The lowest BCUT2D eigenvalue weighted by Gasteiger charge is -2.36. The molecule has 1 aliphatic heterocycles. The number of anilines is 1. The molecule has 1 aromatic rings. The van der Waals surface area contributed by atoms with E-state index in [4.69, 9.17) is 0 Å². The van der Waals surface area contributed by atoms with Gasteiger partial charge in [-0.2, -0.15) is 0 Å². The van der Waals surface area contributed by atoms with Crippen molar-refractivity contribution in [3.8, 4) is 0 Å². The van der Waals surface area contributed by atoms with E-state index in [0.29, 0.717) is 6.54 Å². The zero-order valence-corrected chi connectivity index (χ0v) is 10.2. The van der Waals surface area contributed by atoms with Crippen LogP contribution in [0.5, 0.6) is 0 Å². The Morgan fingerprint density at radius 3 is 3.18 bits per heavy atom. The van der Waals surface area contributed by atoms with Crippen molar-refractivity contribution in [1.82, 2.24) is 15.6 Å². The summed E-state index contributed by atoms with van der Waals surface area (Å²) in [5.74, 6) is 0.935. The molecule has 17 heavy (non-hydrogen) atoms. The molecule has 1 aromatic heterocycles. The number of pyridine rings is 1. The van der Waals surface area contributed by atoms with Crippen molar-refractivity contribution in [2.75, 3.05) is 31.6 Å². The third kappa shape index (κ3) is 2.39. The Balaban J connectivity index is 2.28. The molecular formula is C12H18N4O. The highest BCUT2D eigenvalue weighted by molar-refractivity contribution is 5.85. The first-order valence-electron chi connectivity index (χ1n) is 5.84. The molecule has 1 unspecified atom stereocenters. The van der Waals surface area contributed by atoms with Crippen molar-refractivity contribution in [3.05, 3.63) is 23.9 Å². The average Bonchev–Trinajstić information content (AvgIpc) is 2.38. The van der Waals surface area contributed by atoms with Gasteiger partial charge < -0.3 is 15.5 Å². The van der Waals surface area contributed by atoms with Crippen LogP contribution in [0.4, 0.5) is 5.82 Å². The predicted molar refractivity (Wildman–Crippen MR) is 67.0 cm³/mol. The van der Waals surface area contributed by atoms with Crippen LogP contribution in [0.2, 0.25) is 0 Å². The van der Waals surface area contributed by atoms with E-state index in [-0.39, 0.29) is 11.9 Å². The number of nitrogens with one attached hydrogen (secondary N) is 2. The molecule has 2 heterocycles. The molecule has 1 amide bonds. The second-order valence-electron chi connectivity index (χ2n) is 4.17. The first-order valence-corrected chi connectivity index (χ1v) is 5.84. The number of aromatic nitrogens is 1. The number of likely N-dealkylation sites (N-methyl/N-ethyl adjacent to an activating group) is 1. The van der Waals surface area contributed by atoms with E-state index in [1.807, 2.05) is 19.1 Å². The molecule has 1 aliphatic rings. The van der Waals surface area contributed by atoms with Crippen molar-refractivity contribution in [2.24, 2.45) is 0 Å². The van der Waals surface area contributed by atoms with Crippen molar-refractivity contribution in [3.63, 3.8) is 0 Å². The Kier molecular flexibility index (Phi) is 3.58. The highest BCUT2D eigenvalue weighted by atomic mass is 16.2. The normalized spacial score (nSPS) is 20.1. The van der Waals surface area contributed by atoms with Gasteiger partial charge in [0.15, 0.2) is 0 Å². The average molecular weight is 234 g/mol. The van der Waals surface area contributed by atoms with Crippen molar-refractivity contribution < 1.29 is 4.79 Å². The maximum atomic E-state index is 11.8. The standard InChI is InChI=1S/C12H18N4O/c1-9-4-3-5-15-11(9)16-7-6-14-8-10(16)12(17)13-2/h3-5,10,14H,6-8H2,1-2H3,(H,13,17). The summed E-state index contributed by atoms with van der Waals surface area (Å²) in [5.41, 5.74) is 1.10. The Morgan fingerprint density at radius 1 is 1.65 bits per heavy atom. The lowest BCUT2D eigenvalue weighted by Crippen LogP contribution is -2.58. The highest BCUT2D eigenvalue weighted by Crippen LogP contribution is 2.19. The fourth-order valence-corrected chi connectivity index (χ4v) is 2.14. The molecule has 92 valence electrons. The molecule has 1 atom stereocenters. The topological polar surface area (TPSA) is 57.3 Å². The van der Waals surface area contributed by atoms with Gasteiger partial charge in [0.2, 0.25) is 5.91 Å². The molecule has 0 saturated carbocycles. The van der Waals surface area contributed by atoms with Crippen molar-refractivity contribution in [2.45, 2.75) is 13.0 Å². The number of amides is 1. The summed E-state index contributed by atoms with van der Waals surface area (Å²) in [5, 5.41) is 5.94. The fourth-order valence-electron chi connectivity index (χ4n) is 2.14. The summed E-state index contributed by atoms with van der Waals surface area (Å²) in [6.45, 7) is 4.36. The number of rotatable bonds is 2. The second-order valence-corrected chi connectivity index (χ2v) is 4.17. The second kappa shape index (κ2) is 5.14. The van der Waals surface area contributed by atoms with Gasteiger partial charge in [-0.05, 0) is 18.6 Å².